The molecule has 0 unspecified atom stereocenters. The Hall–Kier alpha value is -0.770. The van der Waals surface area contributed by atoms with Gasteiger partial charge in [-0.15, -0.1) is 0 Å². The molecule has 0 radical (unpaired) electrons. The van der Waals surface area contributed by atoms with Gasteiger partial charge in [0.05, 0.1) is 0 Å². The van der Waals surface area contributed by atoms with Gasteiger partial charge in [0.2, 0.25) is 0 Å². The van der Waals surface area contributed by atoms with Crippen molar-refractivity contribution in [2.45, 2.75) is 103 Å². The van der Waals surface area contributed by atoms with Crippen molar-refractivity contribution < 1.29 is 4.79 Å². The molecule has 0 aromatic carbocycles. The molecule has 0 rings (SSSR count). The molecule has 0 saturated carbocycles. The van der Waals surface area contributed by atoms with Gasteiger partial charge in [0.25, 0.3) is 0 Å². The minimum Gasteiger partial charge on any atom is -0.338 e. The average molecular weight is 370 g/mol. The van der Waals surface area contributed by atoms with Crippen LogP contribution in [-0.4, -0.2) is 44.7 Å². The largest absolute Gasteiger partial charge is 0.338 e. The van der Waals surface area contributed by atoms with Gasteiger partial charge in [0, 0.05) is 13.1 Å². The quantitative estimate of drug-likeness (QED) is 0.286. The number of carbonyl (C=O) groups excluding carboxylic acids is 1. The monoisotopic (exact) mass is 369 g/mol. The van der Waals surface area contributed by atoms with Gasteiger partial charge < -0.3 is 15.5 Å². The van der Waals surface area contributed by atoms with Crippen LogP contribution in [0.4, 0.5) is 4.79 Å². The lowest BCUT2D eigenvalue weighted by atomic mass is 10.0. The van der Waals surface area contributed by atoms with E-state index in [1.165, 1.54) is 83.5 Å². The highest BCUT2D eigenvalue weighted by Gasteiger charge is 1.99. The van der Waals surface area contributed by atoms with Crippen molar-refractivity contribution in [3.63, 3.8) is 0 Å². The maximum Gasteiger partial charge on any atom is 0.314 e. The van der Waals surface area contributed by atoms with E-state index in [0.717, 1.165) is 32.5 Å². The number of urea groups is 1. The normalized spacial score (nSPS) is 11.1. The van der Waals surface area contributed by atoms with Crippen LogP contribution in [-0.2, 0) is 0 Å². The SMILES string of the molecule is CCCCCCCCCCCCCCCCNC(=O)NCCCN(C)C. The van der Waals surface area contributed by atoms with Gasteiger partial charge >= 0.3 is 6.03 Å². The first-order valence-electron chi connectivity index (χ1n) is 11.3. The number of nitrogens with one attached hydrogen (secondary N) is 2. The molecule has 26 heavy (non-hydrogen) atoms. The van der Waals surface area contributed by atoms with Gasteiger partial charge in [-0.2, -0.15) is 0 Å². The van der Waals surface area contributed by atoms with Crippen LogP contribution in [0.3, 0.4) is 0 Å². The fourth-order valence-corrected chi connectivity index (χ4v) is 3.18. The highest BCUT2D eigenvalue weighted by Crippen LogP contribution is 2.12. The third-order valence-corrected chi connectivity index (χ3v) is 4.88. The summed E-state index contributed by atoms with van der Waals surface area (Å²) in [6.45, 7) is 4.85. The Labute approximate surface area is 163 Å². The highest BCUT2D eigenvalue weighted by molar-refractivity contribution is 5.73. The second kappa shape index (κ2) is 20.5. The Morgan fingerprint density at radius 1 is 0.615 bits per heavy atom. The summed E-state index contributed by atoms with van der Waals surface area (Å²) in [4.78, 5) is 13.7. The van der Waals surface area contributed by atoms with Crippen molar-refractivity contribution in [2.24, 2.45) is 0 Å². The van der Waals surface area contributed by atoms with E-state index in [4.69, 9.17) is 0 Å². The van der Waals surface area contributed by atoms with Crippen LogP contribution in [0.15, 0.2) is 0 Å². The molecule has 0 aliphatic carbocycles. The summed E-state index contributed by atoms with van der Waals surface area (Å²) in [6.07, 6.45) is 20.2. The molecule has 2 amide bonds. The van der Waals surface area contributed by atoms with Gasteiger partial charge in [0.1, 0.15) is 0 Å². The fourth-order valence-electron chi connectivity index (χ4n) is 3.18. The van der Waals surface area contributed by atoms with Crippen molar-refractivity contribution in [2.75, 3.05) is 33.7 Å². The first-order valence-corrected chi connectivity index (χ1v) is 11.3. The number of carbonyl (C=O) groups is 1. The van der Waals surface area contributed by atoms with E-state index in [9.17, 15) is 4.79 Å². The van der Waals surface area contributed by atoms with Gasteiger partial charge in [-0.1, -0.05) is 90.4 Å². The number of hydrogen-bond donors (Lipinski definition) is 2. The number of rotatable bonds is 19. The van der Waals surface area contributed by atoms with Gasteiger partial charge in [-0.05, 0) is 33.5 Å². The molecule has 0 spiro atoms. The molecule has 0 aliphatic rings. The molecule has 0 aromatic heterocycles. The Kier molecular flexibility index (Phi) is 19.9. The smallest absolute Gasteiger partial charge is 0.314 e. The molecule has 0 aliphatic heterocycles. The third kappa shape index (κ3) is 21.3. The van der Waals surface area contributed by atoms with Crippen LogP contribution in [0.5, 0.6) is 0 Å². The molecule has 0 atom stereocenters. The van der Waals surface area contributed by atoms with Gasteiger partial charge in [-0.3, -0.25) is 0 Å². The molecule has 0 saturated heterocycles. The Balaban J connectivity index is 3.11. The molecular weight excluding hydrogens is 322 g/mol. The molecule has 0 aromatic rings. The van der Waals surface area contributed by atoms with Gasteiger partial charge in [0.15, 0.2) is 0 Å². The van der Waals surface area contributed by atoms with Crippen molar-refractivity contribution in [3.8, 4) is 0 Å². The fraction of sp³-hybridized carbons (Fsp3) is 0.955. The molecule has 156 valence electrons. The lowest BCUT2D eigenvalue weighted by molar-refractivity contribution is 0.240. The standard InChI is InChI=1S/C22H47N3O/c1-4-5-6-7-8-9-10-11-12-13-14-15-16-17-19-23-22(26)24-20-18-21-25(2)3/h4-21H2,1-3H3,(H2,23,24,26). The molecule has 0 bridgehead atoms. The summed E-state index contributed by atoms with van der Waals surface area (Å²) in [5.41, 5.74) is 0. The molecule has 2 N–H and O–H groups in total. The van der Waals surface area contributed by atoms with E-state index < -0.39 is 0 Å². The predicted octanol–water partition coefficient (Wildman–Crippen LogP) is 5.72. The maximum absolute atomic E-state index is 11.6. The number of unbranched alkanes of at least 4 members (excludes halogenated alkanes) is 13. The summed E-state index contributed by atoms with van der Waals surface area (Å²) in [5.74, 6) is 0. The van der Waals surface area contributed by atoms with Crippen molar-refractivity contribution in [3.05, 3.63) is 0 Å². The zero-order valence-corrected chi connectivity index (χ0v) is 18.1. The Morgan fingerprint density at radius 2 is 1.00 bits per heavy atom. The van der Waals surface area contributed by atoms with Crippen LogP contribution in [0.2, 0.25) is 0 Å². The summed E-state index contributed by atoms with van der Waals surface area (Å²) >= 11 is 0. The molecule has 0 heterocycles. The average Bonchev–Trinajstić information content (AvgIpc) is 2.62. The lowest BCUT2D eigenvalue weighted by Crippen LogP contribution is -2.37. The predicted molar refractivity (Wildman–Crippen MR) is 115 cm³/mol. The summed E-state index contributed by atoms with van der Waals surface area (Å²) in [5, 5.41) is 5.86. The third-order valence-electron chi connectivity index (χ3n) is 4.88. The maximum atomic E-state index is 11.6. The first-order chi connectivity index (χ1) is 12.7. The van der Waals surface area contributed by atoms with Crippen molar-refractivity contribution >= 4 is 6.03 Å². The van der Waals surface area contributed by atoms with Crippen LogP contribution in [0.25, 0.3) is 0 Å². The zero-order chi connectivity index (χ0) is 19.3. The van der Waals surface area contributed by atoms with Gasteiger partial charge in [-0.25, -0.2) is 4.79 Å². The van der Waals surface area contributed by atoms with Crippen LogP contribution in [0.1, 0.15) is 103 Å². The molecule has 4 heteroatoms. The number of amides is 2. The Morgan fingerprint density at radius 3 is 1.42 bits per heavy atom. The van der Waals surface area contributed by atoms with Crippen molar-refractivity contribution in [1.82, 2.24) is 15.5 Å². The van der Waals surface area contributed by atoms with Crippen LogP contribution >= 0.6 is 0 Å². The first kappa shape index (κ1) is 25.2. The van der Waals surface area contributed by atoms with Crippen LogP contribution < -0.4 is 10.6 Å². The van der Waals surface area contributed by atoms with E-state index >= 15 is 0 Å². The second-order valence-corrected chi connectivity index (χ2v) is 7.94. The van der Waals surface area contributed by atoms with E-state index in [1.807, 2.05) is 0 Å². The summed E-state index contributed by atoms with van der Waals surface area (Å²) in [7, 11) is 4.10. The highest BCUT2D eigenvalue weighted by atomic mass is 16.2. The minimum absolute atomic E-state index is 0.0153. The van der Waals surface area contributed by atoms with Crippen molar-refractivity contribution in [1.29, 1.82) is 0 Å². The van der Waals surface area contributed by atoms with Crippen LogP contribution in [0, 0.1) is 0 Å². The Bertz CT molecular complexity index is 295. The topological polar surface area (TPSA) is 44.4 Å². The molecule has 0 fully saturated rings. The molecular formula is C22H47N3O. The number of nitrogens with zero attached hydrogens (tertiary/aromatic N) is 1. The van der Waals surface area contributed by atoms with E-state index in [-0.39, 0.29) is 6.03 Å². The lowest BCUT2D eigenvalue weighted by Gasteiger charge is -2.10. The zero-order valence-electron chi connectivity index (χ0n) is 18.1. The second-order valence-electron chi connectivity index (χ2n) is 7.94. The van der Waals surface area contributed by atoms with E-state index in [1.54, 1.807) is 0 Å². The number of hydrogen-bond acceptors (Lipinski definition) is 2. The van der Waals surface area contributed by atoms with E-state index in [2.05, 4.69) is 36.6 Å². The summed E-state index contributed by atoms with van der Waals surface area (Å²) < 4.78 is 0. The summed E-state index contributed by atoms with van der Waals surface area (Å²) in [6, 6.07) is -0.0153. The van der Waals surface area contributed by atoms with E-state index in [0.29, 0.717) is 0 Å². The minimum atomic E-state index is -0.0153. The molecule has 4 nitrogen and oxygen atoms in total.